The van der Waals surface area contributed by atoms with Gasteiger partial charge in [-0.1, -0.05) is 11.2 Å². The Kier molecular flexibility index (Phi) is 10.7. The molecule has 0 saturated carbocycles. The van der Waals surface area contributed by atoms with Crippen LogP contribution in [0.1, 0.15) is 84.1 Å². The first kappa shape index (κ1) is 36.9. The fourth-order valence-corrected chi connectivity index (χ4v) is 6.90. The molecule has 5 rings (SSSR count). The average Bonchev–Trinajstić information content (AvgIpc) is 3.57. The topological polar surface area (TPSA) is 127 Å². The number of ether oxygens (including phenoxy) is 3. The molecule has 1 amide bonds. The van der Waals surface area contributed by atoms with Crippen molar-refractivity contribution in [3.8, 4) is 29.3 Å². The van der Waals surface area contributed by atoms with Gasteiger partial charge in [0.1, 0.15) is 35.6 Å². The molecule has 0 bridgehead atoms. The van der Waals surface area contributed by atoms with Crippen molar-refractivity contribution >= 4 is 6.09 Å². The molecule has 50 heavy (non-hydrogen) atoms. The SMILES string of the molecule is Cc1c(-c2nc(O[C@H]3CCN(C(=O)OC(C)(C)C)[C@H](CC#N)C3)cc(O[C@@H](C)[C@@H]3C[C@@H](F)CN3C)n2)noc1C(C)(C)c1c(F)cccc1F. The summed E-state index contributed by atoms with van der Waals surface area (Å²) in [6, 6.07) is 6.72. The van der Waals surface area contributed by atoms with E-state index in [1.54, 1.807) is 46.4 Å². The zero-order chi connectivity index (χ0) is 36.5. The summed E-state index contributed by atoms with van der Waals surface area (Å²) in [5.74, 6) is -0.832. The number of amides is 1. The zero-order valence-corrected chi connectivity index (χ0v) is 29.8. The molecule has 0 radical (unpaired) electrons. The first-order chi connectivity index (χ1) is 23.5. The van der Waals surface area contributed by atoms with Gasteiger partial charge >= 0.3 is 6.09 Å². The fourth-order valence-electron chi connectivity index (χ4n) is 6.90. The third-order valence-electron chi connectivity index (χ3n) is 9.28. The van der Waals surface area contributed by atoms with Gasteiger partial charge in [0.2, 0.25) is 11.8 Å². The number of likely N-dealkylation sites (tertiary alicyclic amines) is 2. The molecular formula is C36H45F3N6O5. The van der Waals surface area contributed by atoms with E-state index in [4.69, 9.17) is 18.7 Å². The number of alkyl halides is 1. The van der Waals surface area contributed by atoms with E-state index < -0.39 is 53.2 Å². The summed E-state index contributed by atoms with van der Waals surface area (Å²) < 4.78 is 68.0. The second kappa shape index (κ2) is 14.5. The number of likely N-dealkylation sites (N-methyl/N-ethyl adjacent to an activating group) is 1. The molecule has 2 aliphatic heterocycles. The number of piperidine rings is 1. The Morgan fingerprint density at radius 3 is 2.44 bits per heavy atom. The predicted octanol–water partition coefficient (Wildman–Crippen LogP) is 6.91. The first-order valence-corrected chi connectivity index (χ1v) is 16.8. The van der Waals surface area contributed by atoms with Gasteiger partial charge in [-0.05, 0) is 74.1 Å². The maximum absolute atomic E-state index is 14.9. The number of carbonyl (C=O) groups is 1. The van der Waals surface area contributed by atoms with Gasteiger partial charge in [0.05, 0.1) is 30.0 Å². The molecule has 0 spiro atoms. The third kappa shape index (κ3) is 7.98. The highest BCUT2D eigenvalue weighted by molar-refractivity contribution is 5.68. The molecular weight excluding hydrogens is 653 g/mol. The second-order valence-electron chi connectivity index (χ2n) is 14.7. The maximum atomic E-state index is 14.9. The number of nitriles is 1. The lowest BCUT2D eigenvalue weighted by atomic mass is 9.79. The van der Waals surface area contributed by atoms with E-state index in [9.17, 15) is 23.2 Å². The van der Waals surface area contributed by atoms with E-state index in [1.807, 2.05) is 18.9 Å². The van der Waals surface area contributed by atoms with Gasteiger partial charge in [-0.15, -0.1) is 0 Å². The number of hydrogen-bond acceptors (Lipinski definition) is 10. The number of benzene rings is 1. The summed E-state index contributed by atoms with van der Waals surface area (Å²) in [4.78, 5) is 25.7. The molecule has 0 aliphatic carbocycles. The number of nitrogens with zero attached hydrogens (tertiary/aromatic N) is 6. The van der Waals surface area contributed by atoms with Gasteiger partial charge in [-0.25, -0.2) is 18.0 Å². The van der Waals surface area contributed by atoms with Crippen LogP contribution in [-0.4, -0.2) is 87.2 Å². The Labute approximate surface area is 290 Å². The van der Waals surface area contributed by atoms with Crippen LogP contribution in [0.15, 0.2) is 28.8 Å². The van der Waals surface area contributed by atoms with Gasteiger partial charge in [-0.2, -0.15) is 15.2 Å². The van der Waals surface area contributed by atoms with Gasteiger partial charge in [0, 0.05) is 43.1 Å². The minimum absolute atomic E-state index is 0.0871. The molecule has 270 valence electrons. The van der Waals surface area contributed by atoms with E-state index in [1.165, 1.54) is 24.3 Å². The van der Waals surface area contributed by atoms with E-state index in [0.29, 0.717) is 37.9 Å². The van der Waals surface area contributed by atoms with Crippen molar-refractivity contribution in [2.45, 2.75) is 116 Å². The molecule has 11 nitrogen and oxygen atoms in total. The van der Waals surface area contributed by atoms with Crippen LogP contribution in [0.2, 0.25) is 0 Å². The molecule has 1 aromatic carbocycles. The molecule has 5 atom stereocenters. The lowest BCUT2D eigenvalue weighted by Crippen LogP contribution is -2.50. The highest BCUT2D eigenvalue weighted by Gasteiger charge is 2.39. The number of carbonyl (C=O) groups excluding carboxylic acids is 1. The molecule has 0 N–H and O–H groups in total. The van der Waals surface area contributed by atoms with Crippen molar-refractivity contribution in [3.05, 3.63) is 52.8 Å². The Morgan fingerprint density at radius 1 is 1.14 bits per heavy atom. The Hall–Kier alpha value is -4.38. The molecule has 14 heteroatoms. The molecule has 0 unspecified atom stereocenters. The highest BCUT2D eigenvalue weighted by atomic mass is 19.1. The number of rotatable bonds is 9. The van der Waals surface area contributed by atoms with E-state index in [-0.39, 0.29) is 47.1 Å². The standard InChI is InChI=1S/C36H45F3N6O5/c1-20-31(43-50-32(20)36(6,7)30-25(38)10-9-11-26(30)39)33-41-28(47-21(2)27-16-22(37)19-44(27)8)18-29(42-33)48-24-13-15-45(23(17-24)12-14-40)34(46)49-35(3,4)5/h9-11,18,21-24,27H,12-13,15-17,19H2,1-8H3/t21-,22+,23+,24-,27-/m0/s1. The van der Waals surface area contributed by atoms with Crippen LogP contribution in [0, 0.1) is 29.9 Å². The van der Waals surface area contributed by atoms with Crippen molar-refractivity contribution in [3.63, 3.8) is 0 Å². The highest BCUT2D eigenvalue weighted by Crippen LogP contribution is 2.40. The molecule has 2 aliphatic rings. The summed E-state index contributed by atoms with van der Waals surface area (Å²) in [5, 5.41) is 13.8. The van der Waals surface area contributed by atoms with E-state index in [2.05, 4.69) is 21.2 Å². The molecule has 4 heterocycles. The van der Waals surface area contributed by atoms with Gasteiger partial charge in [-0.3, -0.25) is 4.90 Å². The zero-order valence-electron chi connectivity index (χ0n) is 29.8. The van der Waals surface area contributed by atoms with E-state index in [0.717, 1.165) is 0 Å². The van der Waals surface area contributed by atoms with Crippen LogP contribution in [0.5, 0.6) is 11.8 Å². The van der Waals surface area contributed by atoms with Crippen LogP contribution >= 0.6 is 0 Å². The lowest BCUT2D eigenvalue weighted by Gasteiger charge is -2.38. The van der Waals surface area contributed by atoms with Crippen molar-refractivity contribution in [2.75, 3.05) is 20.1 Å². The van der Waals surface area contributed by atoms with Crippen LogP contribution in [0.3, 0.4) is 0 Å². The van der Waals surface area contributed by atoms with Crippen molar-refractivity contribution < 1.29 is 36.7 Å². The average molecular weight is 699 g/mol. The van der Waals surface area contributed by atoms with Gasteiger partial charge < -0.3 is 23.6 Å². The third-order valence-corrected chi connectivity index (χ3v) is 9.28. The Bertz CT molecular complexity index is 1720. The molecule has 2 fully saturated rings. The smallest absolute Gasteiger partial charge is 0.410 e. The fraction of sp³-hybridized carbons (Fsp3) is 0.583. The van der Waals surface area contributed by atoms with Crippen molar-refractivity contribution in [1.29, 1.82) is 5.26 Å². The number of aromatic nitrogens is 3. The monoisotopic (exact) mass is 698 g/mol. The summed E-state index contributed by atoms with van der Waals surface area (Å²) in [6.45, 7) is 12.8. The van der Waals surface area contributed by atoms with Crippen LogP contribution < -0.4 is 9.47 Å². The predicted molar refractivity (Wildman–Crippen MR) is 177 cm³/mol. The van der Waals surface area contributed by atoms with Gasteiger partial charge in [0.15, 0.2) is 17.3 Å². The first-order valence-electron chi connectivity index (χ1n) is 16.8. The normalized spacial score (nSPS) is 22.2. The van der Waals surface area contributed by atoms with Crippen LogP contribution in [-0.2, 0) is 10.2 Å². The maximum Gasteiger partial charge on any atom is 0.410 e. The largest absolute Gasteiger partial charge is 0.474 e. The Morgan fingerprint density at radius 2 is 1.82 bits per heavy atom. The minimum atomic E-state index is -1.25. The lowest BCUT2D eigenvalue weighted by molar-refractivity contribution is -0.00382. The summed E-state index contributed by atoms with van der Waals surface area (Å²) in [7, 11) is 1.84. The minimum Gasteiger partial charge on any atom is -0.474 e. The summed E-state index contributed by atoms with van der Waals surface area (Å²) >= 11 is 0. The van der Waals surface area contributed by atoms with Gasteiger partial charge in [0.25, 0.3) is 0 Å². The quantitative estimate of drug-likeness (QED) is 0.233. The summed E-state index contributed by atoms with van der Waals surface area (Å²) in [5.41, 5.74) is -1.43. The Balaban J connectivity index is 1.47. The number of halogens is 3. The van der Waals surface area contributed by atoms with Crippen LogP contribution in [0.25, 0.3) is 11.5 Å². The second-order valence-corrected chi connectivity index (χ2v) is 14.7. The van der Waals surface area contributed by atoms with Crippen LogP contribution in [0.4, 0.5) is 18.0 Å². The molecule has 2 saturated heterocycles. The van der Waals surface area contributed by atoms with Crippen molar-refractivity contribution in [2.24, 2.45) is 0 Å². The molecule has 3 aromatic rings. The molecule has 2 aromatic heterocycles. The van der Waals surface area contributed by atoms with Crippen molar-refractivity contribution in [1.82, 2.24) is 24.9 Å². The number of hydrogen-bond donors (Lipinski definition) is 0. The van der Waals surface area contributed by atoms with E-state index >= 15 is 0 Å². The summed E-state index contributed by atoms with van der Waals surface area (Å²) in [6.07, 6.45) is -1.16.